The number of carbonyl (C=O) groups excluding carboxylic acids is 2. The van der Waals surface area contributed by atoms with Crippen molar-refractivity contribution in [2.45, 2.75) is 185 Å². The van der Waals surface area contributed by atoms with Gasteiger partial charge in [-0.15, -0.1) is 0 Å². The van der Waals surface area contributed by atoms with Gasteiger partial charge in [-0.3, -0.25) is 0 Å². The largest absolute Gasteiger partial charge is 0.534 e. The van der Waals surface area contributed by atoms with E-state index < -0.39 is 74.4 Å². The molecule has 4 aromatic carbocycles. The summed E-state index contributed by atoms with van der Waals surface area (Å²) in [6, 6.07) is 14.7. The standard InChI is InChI=1S/C34H42N6O3.C29H40N6O3.C25H29F3N4O6S/c1-21-8-10-24(11-9-21)28-26-18-22(2)39-16-17-40(33-35-19-25(20-36-33)38-14-12-37(7)13-15-38)29(30(26)39)23(3)27(28)31(32(41)42)43-34(4,5)6;1-18-15-22-19(2)23(26(27(36)37-8)38-29(4,5)6)20(3)24-25(22)34(18)13-14-35(24)28-30-16-21(17-31-28)33-11-9-32(7)10-12-33;1-13-10-17-14(2)18(21(22(33)36-7)37-24(4,5)6)15(3)19-20(17)31(13)8-9-32(19)23-29-11-16(12-30-23)38-39(34,35)25(26,27)28/h8-11,18-20,31H,12-17H2,1-7H3,(H,41,42);15-17,26H,9-14H2,1-8H3;10-12,21H,8-9H2,1-7H3/t31-;26-;21-/m000/s1. The van der Waals surface area contributed by atoms with Crippen LogP contribution in [-0.2, 0) is 67.8 Å². The number of benzene rings is 4. The van der Waals surface area contributed by atoms with Crippen molar-refractivity contribution in [1.29, 1.82) is 0 Å². The summed E-state index contributed by atoms with van der Waals surface area (Å²) >= 11 is 0. The molecule has 3 atom stereocenters. The molecular weight excluding hydrogens is 1560 g/mol. The predicted octanol–water partition coefficient (Wildman–Crippen LogP) is 14.9. The molecule has 15 rings (SSSR count). The fraction of sp³-hybridized carbons (Fsp3) is 0.489. The van der Waals surface area contributed by atoms with E-state index in [1.807, 2.05) is 121 Å². The first-order valence-corrected chi connectivity index (χ1v) is 41.9. The van der Waals surface area contributed by atoms with Crippen molar-refractivity contribution in [3.63, 3.8) is 0 Å². The lowest BCUT2D eigenvalue weighted by molar-refractivity contribution is -0.164. The Morgan fingerprint density at radius 2 is 0.758 bits per heavy atom. The lowest BCUT2D eigenvalue weighted by Crippen LogP contribution is -2.44. The normalized spacial score (nSPS) is 16.3. The Bertz CT molecular complexity index is 5660. The van der Waals surface area contributed by atoms with Crippen molar-refractivity contribution in [3.8, 4) is 16.9 Å². The molecule has 0 amide bonds. The number of aromatic nitrogens is 9. The van der Waals surface area contributed by atoms with Gasteiger partial charge >= 0.3 is 33.5 Å². The van der Waals surface area contributed by atoms with Gasteiger partial charge in [-0.05, 0) is 196 Å². The number of rotatable bonds is 17. The molecule has 0 aliphatic carbocycles. The number of anilines is 8. The van der Waals surface area contributed by atoms with Crippen LogP contribution >= 0.6 is 0 Å². The maximum absolute atomic E-state index is 13.1. The number of likely N-dealkylation sites (N-methyl/N-ethyl adjacent to an activating group) is 2. The second-order valence-electron chi connectivity index (χ2n) is 34.7. The summed E-state index contributed by atoms with van der Waals surface area (Å²) in [4.78, 5) is 82.1. The number of hydrogen-bond donors (Lipinski definition) is 1. The van der Waals surface area contributed by atoms with E-state index in [0.717, 1.165) is 196 Å². The Morgan fingerprint density at radius 3 is 1.09 bits per heavy atom. The van der Waals surface area contributed by atoms with Crippen LogP contribution in [0, 0.1) is 62.3 Å². The Balaban J connectivity index is 0.000000156. The average Bonchev–Trinajstić information content (AvgIpc) is 1.07. The highest BCUT2D eigenvalue weighted by molar-refractivity contribution is 7.88. The molecule has 5 aliphatic rings. The number of carboxylic acid groups (broad SMARTS) is 1. The number of esters is 2. The highest BCUT2D eigenvalue weighted by Crippen LogP contribution is 2.52. The summed E-state index contributed by atoms with van der Waals surface area (Å²) in [6.45, 7) is 47.2. The van der Waals surface area contributed by atoms with Gasteiger partial charge in [-0.25, -0.2) is 44.3 Å². The Morgan fingerprint density at radius 1 is 0.433 bits per heavy atom. The van der Waals surface area contributed by atoms with Gasteiger partial charge in [0.1, 0.15) is 0 Å². The zero-order valence-electron chi connectivity index (χ0n) is 72.8. The third-order valence-corrected chi connectivity index (χ3v) is 23.9. The number of ether oxygens (including phenoxy) is 5. The Kier molecular flexibility index (Phi) is 24.4. The number of carboxylic acids is 1. The fourth-order valence-electron chi connectivity index (χ4n) is 17.2. The quantitative estimate of drug-likeness (QED) is 0.0504. The lowest BCUT2D eigenvalue weighted by Gasteiger charge is -2.35. The van der Waals surface area contributed by atoms with Gasteiger partial charge in [0, 0.05) is 142 Å². The van der Waals surface area contributed by atoms with Crippen molar-refractivity contribution < 1.29 is 68.9 Å². The highest BCUT2D eigenvalue weighted by atomic mass is 32.2. The van der Waals surface area contributed by atoms with E-state index in [2.05, 4.69) is 142 Å². The van der Waals surface area contributed by atoms with Crippen molar-refractivity contribution in [2.24, 2.45) is 0 Å². The second kappa shape index (κ2) is 33.5. The third-order valence-electron chi connectivity index (χ3n) is 22.9. The van der Waals surface area contributed by atoms with E-state index in [1.54, 1.807) is 4.90 Å². The van der Waals surface area contributed by atoms with Crippen LogP contribution in [0.25, 0.3) is 43.8 Å². The van der Waals surface area contributed by atoms with Crippen LogP contribution in [0.1, 0.15) is 148 Å². The number of aliphatic carboxylic acids is 1. The molecule has 2 saturated heterocycles. The summed E-state index contributed by atoms with van der Waals surface area (Å²) in [7, 11) is 1.14. The second-order valence-corrected chi connectivity index (χ2v) is 36.2. The monoisotopic (exact) mass is 1670 g/mol. The summed E-state index contributed by atoms with van der Waals surface area (Å²) < 4.78 is 101. The van der Waals surface area contributed by atoms with Crippen molar-refractivity contribution in [2.75, 3.05) is 125 Å². The first kappa shape index (κ1) is 87.3. The minimum Gasteiger partial charge on any atom is -0.479 e. The molecule has 2 fully saturated rings. The molecule has 0 spiro atoms. The van der Waals surface area contributed by atoms with Gasteiger partial charge in [-0.1, -0.05) is 29.8 Å². The molecular formula is C88H111F3N16O12S. The van der Waals surface area contributed by atoms with Gasteiger partial charge in [0.2, 0.25) is 17.8 Å². The highest BCUT2D eigenvalue weighted by Gasteiger charge is 2.49. The molecule has 10 aromatic rings. The van der Waals surface area contributed by atoms with Gasteiger partial charge in [0.05, 0.1) is 113 Å². The zero-order valence-corrected chi connectivity index (χ0v) is 73.6. The molecule has 1 N–H and O–H groups in total. The van der Waals surface area contributed by atoms with Crippen molar-refractivity contribution in [1.82, 2.24) is 53.4 Å². The summed E-state index contributed by atoms with van der Waals surface area (Å²) in [5.74, 6) is -1.26. The number of aryl methyl sites for hydroxylation is 6. The molecule has 0 bridgehead atoms. The molecule has 120 heavy (non-hydrogen) atoms. The van der Waals surface area contributed by atoms with Crippen LogP contribution in [0.15, 0.2) is 79.6 Å². The van der Waals surface area contributed by atoms with Crippen LogP contribution in [0.4, 0.5) is 59.5 Å². The maximum Gasteiger partial charge on any atom is 0.534 e. The van der Waals surface area contributed by atoms with Gasteiger partial charge in [0.15, 0.2) is 24.1 Å². The van der Waals surface area contributed by atoms with Crippen LogP contribution in [-0.4, -0.2) is 207 Å². The van der Waals surface area contributed by atoms with Crippen LogP contribution in [0.2, 0.25) is 0 Å². The van der Waals surface area contributed by atoms with E-state index in [-0.39, 0.29) is 5.95 Å². The summed E-state index contributed by atoms with van der Waals surface area (Å²) in [5.41, 5.74) is 13.3. The number of alkyl halides is 3. The van der Waals surface area contributed by atoms with Crippen molar-refractivity contribution in [3.05, 3.63) is 147 Å². The number of nitrogens with zero attached hydrogens (tertiary/aromatic N) is 16. The van der Waals surface area contributed by atoms with Crippen LogP contribution < -0.4 is 28.7 Å². The van der Waals surface area contributed by atoms with Gasteiger partial charge in [-0.2, -0.15) is 21.6 Å². The predicted molar refractivity (Wildman–Crippen MR) is 458 cm³/mol. The van der Waals surface area contributed by atoms with Gasteiger partial charge in [0.25, 0.3) is 0 Å². The average molecular weight is 1670 g/mol. The molecule has 0 radical (unpaired) electrons. The molecule has 11 heterocycles. The Labute approximate surface area is 699 Å². The number of piperazine rings is 2. The summed E-state index contributed by atoms with van der Waals surface area (Å²) in [5, 5.41) is 13.6. The minimum atomic E-state index is -5.87. The van der Waals surface area contributed by atoms with E-state index in [1.165, 1.54) is 19.9 Å². The number of carbonyl (C=O) groups is 3. The van der Waals surface area contributed by atoms with Crippen molar-refractivity contribution >= 4 is 107 Å². The van der Waals surface area contributed by atoms with Crippen LogP contribution in [0.5, 0.6) is 5.75 Å². The van der Waals surface area contributed by atoms with Gasteiger partial charge < -0.3 is 81.0 Å². The number of methoxy groups -OCH3 is 2. The number of halogens is 3. The first-order valence-electron chi connectivity index (χ1n) is 40.5. The minimum absolute atomic E-state index is 0.113. The zero-order chi connectivity index (χ0) is 87.1. The molecule has 642 valence electrons. The molecule has 6 aromatic heterocycles. The van der Waals surface area contributed by atoms with E-state index in [4.69, 9.17) is 43.6 Å². The molecule has 32 heteroatoms. The molecule has 0 unspecified atom stereocenters. The SMILES string of the molecule is COC(=O)[C@@H](OC(C)(C)C)c1c(C)c2c3c(cc(C)n3CCN2c2ncc(N3CCN(C)CC3)cn2)c1C.COC(=O)[C@@H](OC(C)(C)C)c1c(C)c2c3c(cc(C)n3CCN2c2ncc(OS(=O)(=O)C(F)(F)F)cn2)c1C.Cc1ccc(-c2c([C@H](OC(C)(C)C)C(=O)O)c(C)c3c4c2cc(C)n4CCN3c2ncc(N3CCN(C)CC3)cn2)cc1. The third kappa shape index (κ3) is 17.3. The van der Waals surface area contributed by atoms with Crippen LogP contribution in [0.3, 0.4) is 0 Å². The van der Waals surface area contributed by atoms with E-state index in [0.29, 0.717) is 53.9 Å². The van der Waals surface area contributed by atoms with E-state index in [9.17, 15) is 41.1 Å². The smallest absolute Gasteiger partial charge is 0.479 e. The topological polar surface area (TPSA) is 276 Å². The molecule has 28 nitrogen and oxygen atoms in total. The molecule has 0 saturated carbocycles. The first-order chi connectivity index (χ1) is 56.4. The Hall–Kier alpha value is -10.5. The summed E-state index contributed by atoms with van der Waals surface area (Å²) in [6.07, 6.45) is 6.42. The fourth-order valence-corrected chi connectivity index (χ4v) is 17.6. The van der Waals surface area contributed by atoms with E-state index >= 15 is 0 Å². The maximum atomic E-state index is 13.1. The number of hydrogen-bond acceptors (Lipinski definition) is 24. The lowest BCUT2D eigenvalue weighted by atomic mass is 9.87. The molecule has 5 aliphatic heterocycles.